The third-order valence-corrected chi connectivity index (χ3v) is 3.61. The lowest BCUT2D eigenvalue weighted by Gasteiger charge is -2.28. The fourth-order valence-corrected chi connectivity index (χ4v) is 2.61. The molecule has 102 valence electrons. The molecule has 1 unspecified atom stereocenters. The molecule has 0 aliphatic heterocycles. The average Bonchev–Trinajstić information content (AvgIpc) is 3.12. The predicted molar refractivity (Wildman–Crippen MR) is 67.6 cm³/mol. The second kappa shape index (κ2) is 5.57. The summed E-state index contributed by atoms with van der Waals surface area (Å²) in [6.45, 7) is 1.33. The van der Waals surface area contributed by atoms with E-state index in [-0.39, 0.29) is 12.5 Å². The van der Waals surface area contributed by atoms with E-state index < -0.39 is 5.60 Å². The third kappa shape index (κ3) is 2.54. The fraction of sp³-hybridized carbons (Fsp3) is 0.750. The number of rotatable bonds is 7. The van der Waals surface area contributed by atoms with Gasteiger partial charge in [0.05, 0.1) is 36.7 Å². The molecule has 5 nitrogen and oxygen atoms in total. The van der Waals surface area contributed by atoms with Crippen LogP contribution in [0.3, 0.4) is 0 Å². The van der Waals surface area contributed by atoms with E-state index >= 15 is 0 Å². The predicted octanol–water partition coefficient (Wildman–Crippen LogP) is 1.43. The van der Waals surface area contributed by atoms with Crippen molar-refractivity contribution in [3.63, 3.8) is 0 Å². The molecule has 0 amide bonds. The molecule has 0 saturated heterocycles. The Morgan fingerprint density at radius 3 is 2.78 bits per heavy atom. The maximum Gasteiger partial charge on any atom is 0.134 e. The molecule has 1 fully saturated rings. The first kappa shape index (κ1) is 13.8. The van der Waals surface area contributed by atoms with E-state index in [1.807, 2.05) is 0 Å². The minimum Gasteiger partial charge on any atom is -0.383 e. The molecule has 1 aliphatic rings. The molecule has 18 heavy (non-hydrogen) atoms. The summed E-state index contributed by atoms with van der Waals surface area (Å²) in [4.78, 5) is 0. The molecule has 1 N–H and O–H groups in total. The molecule has 1 aromatic heterocycles. The molecule has 0 spiro atoms. The highest BCUT2D eigenvalue weighted by molar-refractivity contribution is 6.31. The van der Waals surface area contributed by atoms with Gasteiger partial charge >= 0.3 is 0 Å². The molecule has 1 atom stereocenters. The number of hydrogen-bond acceptors (Lipinski definition) is 4. The lowest BCUT2D eigenvalue weighted by molar-refractivity contribution is -0.0598. The highest BCUT2D eigenvalue weighted by Crippen LogP contribution is 2.47. The van der Waals surface area contributed by atoms with Gasteiger partial charge in [-0.2, -0.15) is 5.10 Å². The van der Waals surface area contributed by atoms with Crippen LogP contribution in [0.1, 0.15) is 18.5 Å². The van der Waals surface area contributed by atoms with Crippen molar-refractivity contribution in [2.45, 2.75) is 25.0 Å². The summed E-state index contributed by atoms with van der Waals surface area (Å²) in [5, 5.41) is 15.5. The van der Waals surface area contributed by atoms with Crippen molar-refractivity contribution >= 4 is 11.6 Å². The van der Waals surface area contributed by atoms with Gasteiger partial charge in [-0.1, -0.05) is 11.6 Å². The van der Waals surface area contributed by atoms with Gasteiger partial charge < -0.3 is 14.6 Å². The Morgan fingerprint density at radius 2 is 2.22 bits per heavy atom. The van der Waals surface area contributed by atoms with Gasteiger partial charge in [-0.3, -0.25) is 4.68 Å². The molecule has 1 aliphatic carbocycles. The smallest absolute Gasteiger partial charge is 0.134 e. The van der Waals surface area contributed by atoms with E-state index in [2.05, 4.69) is 5.10 Å². The molecule has 0 bridgehead atoms. The number of hydrogen-bond donors (Lipinski definition) is 1. The van der Waals surface area contributed by atoms with Crippen molar-refractivity contribution in [2.75, 3.05) is 27.4 Å². The van der Waals surface area contributed by atoms with Crippen LogP contribution in [-0.4, -0.2) is 42.3 Å². The van der Waals surface area contributed by atoms with Gasteiger partial charge in [0.1, 0.15) is 5.60 Å². The van der Waals surface area contributed by atoms with E-state index in [1.54, 1.807) is 25.1 Å². The maximum absolute atomic E-state index is 10.9. The summed E-state index contributed by atoms with van der Waals surface area (Å²) in [6.07, 6.45) is 3.55. The summed E-state index contributed by atoms with van der Waals surface area (Å²) < 4.78 is 11.9. The van der Waals surface area contributed by atoms with Crippen molar-refractivity contribution in [1.82, 2.24) is 9.78 Å². The molecule has 1 aromatic rings. The minimum atomic E-state index is -1.05. The second-order valence-electron chi connectivity index (χ2n) is 4.69. The largest absolute Gasteiger partial charge is 0.383 e. The van der Waals surface area contributed by atoms with Gasteiger partial charge in [0, 0.05) is 14.2 Å². The normalized spacial score (nSPS) is 18.9. The van der Waals surface area contributed by atoms with Gasteiger partial charge in [-0.15, -0.1) is 0 Å². The average molecular weight is 275 g/mol. The van der Waals surface area contributed by atoms with E-state index in [0.29, 0.717) is 23.9 Å². The molecule has 2 rings (SSSR count). The van der Waals surface area contributed by atoms with Crippen molar-refractivity contribution in [3.8, 4) is 0 Å². The van der Waals surface area contributed by atoms with Crippen LogP contribution in [0.25, 0.3) is 0 Å². The van der Waals surface area contributed by atoms with Crippen LogP contribution in [0.15, 0.2) is 6.20 Å². The molecule has 6 heteroatoms. The Hall–Kier alpha value is -0.620. The lowest BCUT2D eigenvalue weighted by Crippen LogP contribution is -2.37. The quantitative estimate of drug-likeness (QED) is 0.817. The monoisotopic (exact) mass is 274 g/mol. The topological polar surface area (TPSA) is 56.5 Å². The van der Waals surface area contributed by atoms with Crippen LogP contribution >= 0.6 is 11.6 Å². The second-order valence-corrected chi connectivity index (χ2v) is 5.10. The van der Waals surface area contributed by atoms with Gasteiger partial charge in [0.2, 0.25) is 0 Å². The maximum atomic E-state index is 10.9. The molecule has 1 heterocycles. The highest BCUT2D eigenvalue weighted by atomic mass is 35.5. The van der Waals surface area contributed by atoms with Crippen molar-refractivity contribution in [2.24, 2.45) is 5.92 Å². The Kier molecular flexibility index (Phi) is 4.27. The third-order valence-electron chi connectivity index (χ3n) is 3.33. The Bertz CT molecular complexity index is 406. The van der Waals surface area contributed by atoms with E-state index in [1.165, 1.54) is 0 Å². The molecular weight excluding hydrogens is 256 g/mol. The zero-order valence-corrected chi connectivity index (χ0v) is 11.5. The molecular formula is C12H19ClN2O3. The molecule has 0 radical (unpaired) electrons. The number of nitrogens with zero attached hydrogens (tertiary/aromatic N) is 2. The molecule has 0 aromatic carbocycles. The number of halogens is 1. The van der Waals surface area contributed by atoms with Crippen LogP contribution in [0.5, 0.6) is 0 Å². The van der Waals surface area contributed by atoms with E-state index in [0.717, 1.165) is 12.8 Å². The Labute approximate surface area is 112 Å². The number of ether oxygens (including phenoxy) is 2. The van der Waals surface area contributed by atoms with Crippen molar-refractivity contribution < 1.29 is 14.6 Å². The van der Waals surface area contributed by atoms with Gasteiger partial charge in [-0.25, -0.2) is 0 Å². The van der Waals surface area contributed by atoms with Gasteiger partial charge in [0.15, 0.2) is 0 Å². The number of aromatic nitrogens is 2. The van der Waals surface area contributed by atoms with Crippen LogP contribution in [0.4, 0.5) is 0 Å². The van der Waals surface area contributed by atoms with Crippen LogP contribution in [0.2, 0.25) is 5.02 Å². The van der Waals surface area contributed by atoms with Crippen molar-refractivity contribution in [1.29, 1.82) is 0 Å². The standard InChI is InChI=1S/C12H19ClN2O3/c1-17-6-5-15-11(10(13)7-14-15)12(16,8-18-2)9-3-4-9/h7,9,16H,3-6,8H2,1-2H3. The first-order chi connectivity index (χ1) is 8.63. The Balaban J connectivity index is 2.31. The summed E-state index contributed by atoms with van der Waals surface area (Å²) in [7, 11) is 3.21. The molecule has 1 saturated carbocycles. The summed E-state index contributed by atoms with van der Waals surface area (Å²) in [6, 6.07) is 0. The first-order valence-electron chi connectivity index (χ1n) is 6.05. The fourth-order valence-electron chi connectivity index (χ4n) is 2.30. The summed E-state index contributed by atoms with van der Waals surface area (Å²) >= 11 is 6.18. The van der Waals surface area contributed by atoms with E-state index in [4.69, 9.17) is 21.1 Å². The van der Waals surface area contributed by atoms with Crippen LogP contribution < -0.4 is 0 Å². The van der Waals surface area contributed by atoms with Crippen LogP contribution in [-0.2, 0) is 21.6 Å². The number of aliphatic hydroxyl groups is 1. The van der Waals surface area contributed by atoms with Gasteiger partial charge in [0.25, 0.3) is 0 Å². The first-order valence-corrected chi connectivity index (χ1v) is 6.43. The van der Waals surface area contributed by atoms with E-state index in [9.17, 15) is 5.11 Å². The Morgan fingerprint density at radius 1 is 1.50 bits per heavy atom. The van der Waals surface area contributed by atoms with Gasteiger partial charge in [-0.05, 0) is 18.8 Å². The SMILES string of the molecule is COCCn1ncc(Cl)c1C(O)(COC)C1CC1. The summed E-state index contributed by atoms with van der Waals surface area (Å²) in [5.74, 6) is 0.202. The zero-order chi connectivity index (χ0) is 13.2. The lowest BCUT2D eigenvalue weighted by atomic mass is 9.94. The highest BCUT2D eigenvalue weighted by Gasteiger charge is 2.48. The van der Waals surface area contributed by atoms with Crippen molar-refractivity contribution in [3.05, 3.63) is 16.9 Å². The summed E-state index contributed by atoms with van der Waals surface area (Å²) in [5.41, 5.74) is -0.402. The number of methoxy groups -OCH3 is 2. The minimum absolute atomic E-state index is 0.202. The van der Waals surface area contributed by atoms with Crippen LogP contribution in [0, 0.1) is 5.92 Å². The zero-order valence-electron chi connectivity index (χ0n) is 10.7.